The van der Waals surface area contributed by atoms with Crippen LogP contribution in [0, 0.1) is 5.92 Å². The lowest BCUT2D eigenvalue weighted by Crippen LogP contribution is -2.38. The van der Waals surface area contributed by atoms with Crippen LogP contribution in [0.25, 0.3) is 0 Å². The second-order valence-electron chi connectivity index (χ2n) is 6.46. The van der Waals surface area contributed by atoms with Crippen LogP contribution < -0.4 is 15.0 Å². The van der Waals surface area contributed by atoms with Crippen LogP contribution in [0.5, 0.6) is 5.88 Å². The average Bonchev–Trinajstić information content (AvgIpc) is 2.82. The van der Waals surface area contributed by atoms with Gasteiger partial charge in [-0.25, -0.2) is 4.98 Å². The van der Waals surface area contributed by atoms with Gasteiger partial charge in [0.1, 0.15) is 0 Å². The molecule has 0 aliphatic carbocycles. The van der Waals surface area contributed by atoms with Gasteiger partial charge in [-0.2, -0.15) is 4.98 Å². The second kappa shape index (κ2) is 8.45. The molecule has 1 N–H and O–H groups in total. The number of aromatic nitrogens is 2. The first kappa shape index (κ1) is 16.5. The molecule has 0 radical (unpaired) electrons. The molecule has 0 aromatic carbocycles. The standard InChI is InChI=1S/C17H29N5O/c1-2-23-16-6-9-19-17(20-16)22-11-3-10-21(12-13-22)14-15-4-7-18-8-5-15/h6,9,15,18H,2-5,7-8,10-14H2,1H3. The van der Waals surface area contributed by atoms with Crippen molar-refractivity contribution in [1.82, 2.24) is 20.2 Å². The molecule has 1 aromatic heterocycles. The molecule has 0 unspecified atom stereocenters. The van der Waals surface area contributed by atoms with E-state index in [1.165, 1.54) is 45.4 Å². The van der Waals surface area contributed by atoms with E-state index in [1.54, 1.807) is 6.20 Å². The summed E-state index contributed by atoms with van der Waals surface area (Å²) < 4.78 is 5.50. The van der Waals surface area contributed by atoms with Crippen molar-refractivity contribution in [3.8, 4) is 5.88 Å². The Bertz CT molecular complexity index is 478. The molecule has 0 saturated carbocycles. The molecule has 3 rings (SSSR count). The van der Waals surface area contributed by atoms with Crippen molar-refractivity contribution >= 4 is 5.95 Å². The largest absolute Gasteiger partial charge is 0.478 e. The minimum atomic E-state index is 0.639. The highest BCUT2D eigenvalue weighted by Crippen LogP contribution is 2.17. The summed E-state index contributed by atoms with van der Waals surface area (Å²) in [5, 5.41) is 3.45. The van der Waals surface area contributed by atoms with Crippen LogP contribution in [0.2, 0.25) is 0 Å². The molecule has 3 heterocycles. The number of piperidine rings is 1. The van der Waals surface area contributed by atoms with Gasteiger partial charge in [0.2, 0.25) is 11.8 Å². The van der Waals surface area contributed by atoms with Gasteiger partial charge < -0.3 is 19.9 Å². The van der Waals surface area contributed by atoms with E-state index < -0.39 is 0 Å². The average molecular weight is 319 g/mol. The highest BCUT2D eigenvalue weighted by atomic mass is 16.5. The van der Waals surface area contributed by atoms with Gasteiger partial charge in [-0.15, -0.1) is 0 Å². The van der Waals surface area contributed by atoms with E-state index in [-0.39, 0.29) is 0 Å². The lowest BCUT2D eigenvalue weighted by molar-refractivity contribution is 0.216. The number of rotatable bonds is 5. The monoisotopic (exact) mass is 319 g/mol. The van der Waals surface area contributed by atoms with E-state index >= 15 is 0 Å². The molecule has 0 amide bonds. The van der Waals surface area contributed by atoms with Crippen LogP contribution in [0.3, 0.4) is 0 Å². The van der Waals surface area contributed by atoms with E-state index in [0.717, 1.165) is 31.5 Å². The van der Waals surface area contributed by atoms with Gasteiger partial charge >= 0.3 is 0 Å². The fourth-order valence-electron chi connectivity index (χ4n) is 3.50. The minimum Gasteiger partial charge on any atom is -0.478 e. The molecule has 6 heteroatoms. The molecule has 0 spiro atoms. The number of ether oxygens (including phenoxy) is 1. The van der Waals surface area contributed by atoms with Gasteiger partial charge in [0.25, 0.3) is 0 Å². The third-order valence-corrected chi connectivity index (χ3v) is 4.76. The fourth-order valence-corrected chi connectivity index (χ4v) is 3.50. The van der Waals surface area contributed by atoms with Crippen molar-refractivity contribution in [3.05, 3.63) is 12.3 Å². The Balaban J connectivity index is 1.54. The van der Waals surface area contributed by atoms with Gasteiger partial charge in [0.15, 0.2) is 0 Å². The third kappa shape index (κ3) is 4.78. The van der Waals surface area contributed by atoms with Gasteiger partial charge in [-0.3, -0.25) is 0 Å². The highest BCUT2D eigenvalue weighted by molar-refractivity contribution is 5.32. The predicted molar refractivity (Wildman–Crippen MR) is 92.1 cm³/mol. The topological polar surface area (TPSA) is 53.5 Å². The van der Waals surface area contributed by atoms with Crippen molar-refractivity contribution in [2.24, 2.45) is 5.92 Å². The smallest absolute Gasteiger partial charge is 0.228 e. The zero-order valence-corrected chi connectivity index (χ0v) is 14.2. The quantitative estimate of drug-likeness (QED) is 0.885. The zero-order chi connectivity index (χ0) is 15.9. The summed E-state index contributed by atoms with van der Waals surface area (Å²) in [7, 11) is 0. The van der Waals surface area contributed by atoms with Crippen molar-refractivity contribution in [2.45, 2.75) is 26.2 Å². The molecule has 1 aromatic rings. The zero-order valence-electron chi connectivity index (χ0n) is 14.2. The molecule has 128 valence electrons. The Morgan fingerprint density at radius 1 is 1.22 bits per heavy atom. The minimum absolute atomic E-state index is 0.639. The number of nitrogens with one attached hydrogen (secondary N) is 1. The molecular weight excluding hydrogens is 290 g/mol. The maximum Gasteiger partial charge on any atom is 0.228 e. The highest BCUT2D eigenvalue weighted by Gasteiger charge is 2.21. The maximum atomic E-state index is 5.50. The molecule has 6 nitrogen and oxygen atoms in total. The molecule has 2 saturated heterocycles. The van der Waals surface area contributed by atoms with Crippen LogP contribution >= 0.6 is 0 Å². The molecule has 0 bridgehead atoms. The first-order chi connectivity index (χ1) is 11.3. The van der Waals surface area contributed by atoms with E-state index in [9.17, 15) is 0 Å². The number of hydrogen-bond donors (Lipinski definition) is 1. The Hall–Kier alpha value is -1.40. The normalized spacial score (nSPS) is 21.2. The van der Waals surface area contributed by atoms with Crippen LogP contribution in [-0.2, 0) is 0 Å². The number of hydrogen-bond acceptors (Lipinski definition) is 6. The van der Waals surface area contributed by atoms with Crippen LogP contribution in [0.1, 0.15) is 26.2 Å². The summed E-state index contributed by atoms with van der Waals surface area (Å²) in [6.07, 6.45) is 5.61. The summed E-state index contributed by atoms with van der Waals surface area (Å²) in [6, 6.07) is 1.83. The van der Waals surface area contributed by atoms with Crippen molar-refractivity contribution in [3.63, 3.8) is 0 Å². The molecule has 23 heavy (non-hydrogen) atoms. The Labute approximate surface area is 139 Å². The van der Waals surface area contributed by atoms with Gasteiger partial charge in [0.05, 0.1) is 6.61 Å². The fraction of sp³-hybridized carbons (Fsp3) is 0.765. The van der Waals surface area contributed by atoms with Crippen LogP contribution in [0.15, 0.2) is 12.3 Å². The Kier molecular flexibility index (Phi) is 6.05. The summed E-state index contributed by atoms with van der Waals surface area (Å²) in [6.45, 7) is 10.5. The van der Waals surface area contributed by atoms with E-state index in [1.807, 2.05) is 13.0 Å². The SMILES string of the molecule is CCOc1ccnc(N2CCCN(CC3CCNCC3)CC2)n1. The van der Waals surface area contributed by atoms with Crippen LogP contribution in [-0.4, -0.2) is 67.3 Å². The maximum absolute atomic E-state index is 5.50. The summed E-state index contributed by atoms with van der Waals surface area (Å²) in [5.41, 5.74) is 0. The summed E-state index contributed by atoms with van der Waals surface area (Å²) in [5.74, 6) is 2.34. The molecule has 2 fully saturated rings. The van der Waals surface area contributed by atoms with Crippen molar-refractivity contribution in [1.29, 1.82) is 0 Å². The first-order valence-corrected chi connectivity index (χ1v) is 8.99. The lowest BCUT2D eigenvalue weighted by Gasteiger charge is -2.29. The first-order valence-electron chi connectivity index (χ1n) is 8.99. The van der Waals surface area contributed by atoms with Crippen LogP contribution in [0.4, 0.5) is 5.95 Å². The molecule has 2 aliphatic rings. The number of nitrogens with zero attached hydrogens (tertiary/aromatic N) is 4. The third-order valence-electron chi connectivity index (χ3n) is 4.76. The van der Waals surface area contributed by atoms with Gasteiger partial charge in [0, 0.05) is 38.4 Å². The van der Waals surface area contributed by atoms with Gasteiger partial charge in [-0.1, -0.05) is 0 Å². The number of anilines is 1. The lowest BCUT2D eigenvalue weighted by atomic mass is 9.97. The van der Waals surface area contributed by atoms with E-state index in [4.69, 9.17) is 4.74 Å². The van der Waals surface area contributed by atoms with E-state index in [0.29, 0.717) is 12.5 Å². The van der Waals surface area contributed by atoms with Gasteiger partial charge in [-0.05, 0) is 51.7 Å². The van der Waals surface area contributed by atoms with Crippen molar-refractivity contribution in [2.75, 3.05) is 57.3 Å². The molecule has 0 atom stereocenters. The van der Waals surface area contributed by atoms with E-state index in [2.05, 4.69) is 25.1 Å². The Morgan fingerprint density at radius 2 is 2.09 bits per heavy atom. The summed E-state index contributed by atoms with van der Waals surface area (Å²) >= 11 is 0. The summed E-state index contributed by atoms with van der Waals surface area (Å²) in [4.78, 5) is 13.9. The second-order valence-corrected chi connectivity index (χ2v) is 6.46. The van der Waals surface area contributed by atoms with Crippen molar-refractivity contribution < 1.29 is 4.74 Å². The Morgan fingerprint density at radius 3 is 2.91 bits per heavy atom. The molecule has 2 aliphatic heterocycles. The predicted octanol–water partition coefficient (Wildman–Crippen LogP) is 1.39. The molecular formula is C17H29N5O.